The van der Waals surface area contributed by atoms with Gasteiger partial charge in [0.2, 0.25) is 5.91 Å². The van der Waals surface area contributed by atoms with Crippen molar-refractivity contribution in [2.75, 3.05) is 32.7 Å². The number of nitrogens with zero attached hydrogens (tertiary/aromatic N) is 2. The zero-order chi connectivity index (χ0) is 23.9. The molecule has 0 aliphatic carbocycles. The zero-order valence-electron chi connectivity index (χ0n) is 19.2. The highest BCUT2D eigenvalue weighted by Gasteiger charge is 2.59. The Hall–Kier alpha value is -3.33. The van der Waals surface area contributed by atoms with Crippen LogP contribution >= 0.6 is 12.2 Å². The average Bonchev–Trinajstić information content (AvgIpc) is 2.78. The van der Waals surface area contributed by atoms with Crippen LogP contribution in [0.4, 0.5) is 5.69 Å². The van der Waals surface area contributed by atoms with Crippen LogP contribution in [-0.4, -0.2) is 55.4 Å². The summed E-state index contributed by atoms with van der Waals surface area (Å²) in [6, 6.07) is 12.0. The average molecular weight is 470 g/mol. The second kappa shape index (κ2) is 8.55. The van der Waals surface area contributed by atoms with Crippen molar-refractivity contribution < 1.29 is 23.8 Å². The van der Waals surface area contributed by atoms with Gasteiger partial charge in [-0.25, -0.2) is 4.79 Å². The number of rotatable bonds is 5. The molecule has 0 unspecified atom stereocenters. The largest absolute Gasteiger partial charge is 0.497 e. The molecule has 2 bridgehead atoms. The fourth-order valence-electron chi connectivity index (χ4n) is 4.49. The highest BCUT2D eigenvalue weighted by molar-refractivity contribution is 7.80. The summed E-state index contributed by atoms with van der Waals surface area (Å²) in [7, 11) is 5.04. The van der Waals surface area contributed by atoms with Gasteiger partial charge in [0, 0.05) is 25.3 Å². The van der Waals surface area contributed by atoms with Gasteiger partial charge in [-0.15, -0.1) is 0 Å². The smallest absolute Gasteiger partial charge is 0.338 e. The van der Waals surface area contributed by atoms with E-state index in [0.29, 0.717) is 34.5 Å². The number of hydrogen-bond acceptors (Lipinski definition) is 6. The van der Waals surface area contributed by atoms with Crippen LogP contribution in [0.1, 0.15) is 35.8 Å². The van der Waals surface area contributed by atoms with E-state index < -0.39 is 23.7 Å². The van der Waals surface area contributed by atoms with Crippen LogP contribution in [0.25, 0.3) is 0 Å². The molecule has 0 spiro atoms. The van der Waals surface area contributed by atoms with Crippen LogP contribution in [0.5, 0.6) is 11.5 Å². The van der Waals surface area contributed by atoms with E-state index in [1.54, 1.807) is 62.2 Å². The van der Waals surface area contributed by atoms with Gasteiger partial charge in [0.15, 0.2) is 10.8 Å². The van der Waals surface area contributed by atoms with Crippen molar-refractivity contribution in [1.82, 2.24) is 10.2 Å². The number of carbonyl (C=O) groups excluding carboxylic acids is 2. The quantitative estimate of drug-likeness (QED) is 0.529. The molecule has 8 nitrogen and oxygen atoms in total. The molecule has 9 heteroatoms. The lowest BCUT2D eigenvalue weighted by atomic mass is 9.78. The predicted molar refractivity (Wildman–Crippen MR) is 128 cm³/mol. The van der Waals surface area contributed by atoms with Crippen molar-refractivity contribution in [1.29, 1.82) is 0 Å². The fraction of sp³-hybridized carbons (Fsp3) is 0.375. The van der Waals surface area contributed by atoms with Gasteiger partial charge in [0.05, 0.1) is 25.3 Å². The first-order valence-corrected chi connectivity index (χ1v) is 11.1. The summed E-state index contributed by atoms with van der Waals surface area (Å²) in [5.41, 5.74) is 0.825. The van der Waals surface area contributed by atoms with Gasteiger partial charge < -0.3 is 24.4 Å². The molecule has 2 aliphatic heterocycles. The van der Waals surface area contributed by atoms with Crippen molar-refractivity contribution in [3.8, 4) is 11.5 Å². The van der Waals surface area contributed by atoms with Gasteiger partial charge >= 0.3 is 5.97 Å². The summed E-state index contributed by atoms with van der Waals surface area (Å²) in [6.07, 6.45) is 0. The SMILES string of the molecule is CCOC(=O)c1ccc(N2C(=S)N[C@H]3c4cc(OC)ccc4O[C@@]2(C)[C@@H]3C(=O)N(C)C)cc1. The summed E-state index contributed by atoms with van der Waals surface area (Å²) in [5.74, 6) is 0.214. The first-order valence-electron chi connectivity index (χ1n) is 10.7. The third kappa shape index (κ3) is 3.76. The molecule has 33 heavy (non-hydrogen) atoms. The van der Waals surface area contributed by atoms with E-state index in [0.717, 1.165) is 5.56 Å². The number of anilines is 1. The van der Waals surface area contributed by atoms with Gasteiger partial charge in [0.25, 0.3) is 0 Å². The molecule has 174 valence electrons. The van der Waals surface area contributed by atoms with E-state index in [1.807, 2.05) is 25.1 Å². The Morgan fingerprint density at radius 3 is 2.52 bits per heavy atom. The number of hydrogen-bond donors (Lipinski definition) is 1. The topological polar surface area (TPSA) is 80.3 Å². The highest BCUT2D eigenvalue weighted by atomic mass is 32.1. The van der Waals surface area contributed by atoms with E-state index in [1.165, 1.54) is 0 Å². The maximum atomic E-state index is 13.4. The molecule has 1 N–H and O–H groups in total. The lowest BCUT2D eigenvalue weighted by Gasteiger charge is -2.56. The minimum atomic E-state index is -1.11. The molecule has 0 aromatic heterocycles. The standard InChI is InChI=1S/C24H27N3O5S/c1-6-31-22(29)14-7-9-15(10-8-14)27-23(33)25-20-17-13-16(30-5)11-12-18(17)32-24(27,2)19(20)21(28)26(3)4/h7-13,19-20H,6H2,1-5H3,(H,25,33)/t19-,20-,24-/m0/s1. The van der Waals surface area contributed by atoms with E-state index in [9.17, 15) is 9.59 Å². The van der Waals surface area contributed by atoms with Crippen molar-refractivity contribution in [3.05, 3.63) is 53.6 Å². The molecule has 2 aromatic rings. The van der Waals surface area contributed by atoms with Gasteiger partial charge in [-0.2, -0.15) is 0 Å². The van der Waals surface area contributed by atoms with Gasteiger partial charge in [-0.1, -0.05) is 0 Å². The van der Waals surface area contributed by atoms with E-state index in [-0.39, 0.29) is 5.91 Å². The summed E-state index contributed by atoms with van der Waals surface area (Å²) >= 11 is 5.74. The monoisotopic (exact) mass is 469 g/mol. The second-order valence-electron chi connectivity index (χ2n) is 8.30. The van der Waals surface area contributed by atoms with Crippen molar-refractivity contribution in [3.63, 3.8) is 0 Å². The number of carbonyl (C=O) groups is 2. The number of amides is 1. The van der Waals surface area contributed by atoms with Gasteiger partial charge in [0.1, 0.15) is 17.4 Å². The molecule has 0 saturated carbocycles. The normalized spacial score (nSPS) is 23.1. The number of methoxy groups -OCH3 is 1. The lowest BCUT2D eigenvalue weighted by Crippen LogP contribution is -2.72. The van der Waals surface area contributed by atoms with Crippen LogP contribution in [0.15, 0.2) is 42.5 Å². The van der Waals surface area contributed by atoms with Gasteiger partial charge in [-0.3, -0.25) is 9.69 Å². The predicted octanol–water partition coefficient (Wildman–Crippen LogP) is 3.12. The molecular weight excluding hydrogens is 442 g/mol. The number of benzene rings is 2. The number of esters is 1. The molecule has 4 rings (SSSR count). The Bertz CT molecular complexity index is 1100. The molecule has 2 aromatic carbocycles. The second-order valence-corrected chi connectivity index (χ2v) is 8.69. The van der Waals surface area contributed by atoms with Crippen LogP contribution in [-0.2, 0) is 9.53 Å². The number of ether oxygens (including phenoxy) is 3. The van der Waals surface area contributed by atoms with Crippen LogP contribution in [0.3, 0.4) is 0 Å². The highest BCUT2D eigenvalue weighted by Crippen LogP contribution is 2.50. The third-order valence-electron chi connectivity index (χ3n) is 6.05. The van der Waals surface area contributed by atoms with E-state index >= 15 is 0 Å². The number of nitrogens with one attached hydrogen (secondary N) is 1. The number of fused-ring (bicyclic) bond motifs is 4. The summed E-state index contributed by atoms with van der Waals surface area (Å²) in [6.45, 7) is 3.93. The van der Waals surface area contributed by atoms with Crippen molar-refractivity contribution in [2.24, 2.45) is 5.92 Å². The summed E-state index contributed by atoms with van der Waals surface area (Å²) < 4.78 is 17.0. The Morgan fingerprint density at radius 1 is 1.21 bits per heavy atom. The lowest BCUT2D eigenvalue weighted by molar-refractivity contribution is -0.144. The molecule has 2 heterocycles. The Labute approximate surface area is 198 Å². The van der Waals surface area contributed by atoms with Gasteiger partial charge in [-0.05, 0) is 68.5 Å². The van der Waals surface area contributed by atoms with Crippen LogP contribution < -0.4 is 19.7 Å². The molecular formula is C24H27N3O5S. The van der Waals surface area contributed by atoms with Crippen LogP contribution in [0, 0.1) is 5.92 Å². The molecule has 1 saturated heterocycles. The Kier molecular flexibility index (Phi) is 5.92. The first-order chi connectivity index (χ1) is 15.7. The molecule has 3 atom stereocenters. The minimum absolute atomic E-state index is 0.0980. The molecule has 0 radical (unpaired) electrons. The molecule has 2 aliphatic rings. The van der Waals surface area contributed by atoms with Crippen molar-refractivity contribution in [2.45, 2.75) is 25.6 Å². The minimum Gasteiger partial charge on any atom is -0.497 e. The first kappa shape index (κ1) is 22.8. The van der Waals surface area contributed by atoms with E-state index in [2.05, 4.69) is 5.32 Å². The Morgan fingerprint density at radius 2 is 1.91 bits per heavy atom. The molecule has 1 fully saturated rings. The van der Waals surface area contributed by atoms with E-state index in [4.69, 9.17) is 26.4 Å². The maximum Gasteiger partial charge on any atom is 0.338 e. The fourth-order valence-corrected chi connectivity index (χ4v) is 4.91. The van der Waals surface area contributed by atoms with Crippen molar-refractivity contribution >= 4 is 34.9 Å². The zero-order valence-corrected chi connectivity index (χ0v) is 20.1. The number of thiocarbonyl (C=S) groups is 1. The maximum absolute atomic E-state index is 13.4. The Balaban J connectivity index is 1.81. The summed E-state index contributed by atoms with van der Waals surface area (Å²) in [4.78, 5) is 28.9. The summed E-state index contributed by atoms with van der Waals surface area (Å²) in [5, 5.41) is 3.77. The van der Waals surface area contributed by atoms with Crippen LogP contribution in [0.2, 0.25) is 0 Å². The third-order valence-corrected chi connectivity index (χ3v) is 6.35. The molecule has 1 amide bonds.